The fourth-order valence-corrected chi connectivity index (χ4v) is 3.42. The van der Waals surface area contributed by atoms with E-state index in [0.717, 1.165) is 48.7 Å². The lowest BCUT2D eigenvalue weighted by molar-refractivity contribution is -0.110. The number of allylic oxidation sites excluding steroid dienone is 1. The molecule has 0 radical (unpaired) electrons. The Balaban J connectivity index is 1.73. The number of carbonyl (C=O) groups excluding carboxylic acids is 1. The predicted molar refractivity (Wildman–Crippen MR) is 114 cm³/mol. The molecule has 3 rings (SSSR count). The van der Waals surface area contributed by atoms with Crippen molar-refractivity contribution >= 4 is 28.5 Å². The molecular weight excluding hydrogens is 336 g/mol. The second-order valence-corrected chi connectivity index (χ2v) is 6.86. The van der Waals surface area contributed by atoms with Crippen molar-refractivity contribution in [3.8, 4) is 0 Å². The van der Waals surface area contributed by atoms with Gasteiger partial charge in [0, 0.05) is 34.9 Å². The maximum atomic E-state index is 12.4. The average molecular weight is 364 g/mol. The summed E-state index contributed by atoms with van der Waals surface area (Å²) < 4.78 is 0. The molecule has 0 atom stereocenters. The number of nitrogens with zero attached hydrogens (tertiary/aromatic N) is 1. The van der Waals surface area contributed by atoms with E-state index in [1.165, 1.54) is 5.56 Å². The van der Waals surface area contributed by atoms with Crippen LogP contribution in [0.25, 0.3) is 5.57 Å². The van der Waals surface area contributed by atoms with Crippen molar-refractivity contribution in [2.75, 3.05) is 36.0 Å². The summed E-state index contributed by atoms with van der Waals surface area (Å²) in [6, 6.07) is 13.9. The number of rotatable bonds is 7. The van der Waals surface area contributed by atoms with E-state index in [9.17, 15) is 4.79 Å². The van der Waals surface area contributed by atoms with Crippen LogP contribution in [-0.2, 0) is 11.2 Å². The first-order valence-corrected chi connectivity index (χ1v) is 9.52. The molecule has 4 N–H and O–H groups in total. The number of nitrogen functional groups attached to an aromatic ring is 1. The third kappa shape index (κ3) is 4.31. The summed E-state index contributed by atoms with van der Waals surface area (Å²) in [5, 5.41) is 6.25. The fraction of sp³-hybridized carbons (Fsp3) is 0.318. The SMILES string of the molecule is CCN(CC)CCc1ccc(N/C(C)=C2\C(=O)Nc3ccc(N)cc32)cc1. The van der Waals surface area contributed by atoms with Gasteiger partial charge >= 0.3 is 0 Å². The first kappa shape index (κ1) is 19.0. The van der Waals surface area contributed by atoms with Crippen LogP contribution in [0.1, 0.15) is 31.9 Å². The number of nitrogens with two attached hydrogens (primary N) is 1. The van der Waals surface area contributed by atoms with Crippen molar-refractivity contribution in [1.82, 2.24) is 4.90 Å². The van der Waals surface area contributed by atoms with Crippen molar-refractivity contribution in [2.45, 2.75) is 27.2 Å². The lowest BCUT2D eigenvalue weighted by atomic mass is 10.0. The number of hydrogen-bond donors (Lipinski definition) is 3. The lowest BCUT2D eigenvalue weighted by Crippen LogP contribution is -2.25. The Hall–Kier alpha value is -2.79. The highest BCUT2D eigenvalue weighted by atomic mass is 16.2. The smallest absolute Gasteiger partial charge is 0.258 e. The van der Waals surface area contributed by atoms with Crippen LogP contribution in [0.4, 0.5) is 17.1 Å². The van der Waals surface area contributed by atoms with Crippen molar-refractivity contribution in [3.63, 3.8) is 0 Å². The van der Waals surface area contributed by atoms with Crippen LogP contribution in [0.5, 0.6) is 0 Å². The molecule has 0 saturated heterocycles. The monoisotopic (exact) mass is 364 g/mol. The summed E-state index contributed by atoms with van der Waals surface area (Å²) in [4.78, 5) is 14.8. The Labute approximate surface area is 161 Å². The maximum Gasteiger partial charge on any atom is 0.258 e. The second kappa shape index (κ2) is 8.27. The molecule has 142 valence electrons. The topological polar surface area (TPSA) is 70.4 Å². The largest absolute Gasteiger partial charge is 0.399 e. The number of carbonyl (C=O) groups is 1. The van der Waals surface area contributed by atoms with Crippen LogP contribution in [0.3, 0.4) is 0 Å². The molecule has 1 aliphatic rings. The van der Waals surface area contributed by atoms with E-state index in [-0.39, 0.29) is 5.91 Å². The van der Waals surface area contributed by atoms with Gasteiger partial charge in [-0.3, -0.25) is 4.79 Å². The number of nitrogens with one attached hydrogen (secondary N) is 2. The molecule has 5 heteroatoms. The van der Waals surface area contributed by atoms with E-state index in [0.29, 0.717) is 11.3 Å². The Morgan fingerprint density at radius 3 is 2.48 bits per heavy atom. The van der Waals surface area contributed by atoms with E-state index in [1.807, 2.05) is 19.1 Å². The first-order chi connectivity index (χ1) is 13.0. The Morgan fingerprint density at radius 2 is 1.81 bits per heavy atom. The molecule has 0 saturated carbocycles. The molecule has 0 aliphatic carbocycles. The molecule has 0 spiro atoms. The molecular formula is C22H28N4O. The van der Waals surface area contributed by atoms with Crippen LogP contribution >= 0.6 is 0 Å². The number of anilines is 3. The molecule has 2 aromatic rings. The zero-order valence-corrected chi connectivity index (χ0v) is 16.3. The Morgan fingerprint density at radius 1 is 1.11 bits per heavy atom. The molecule has 2 aromatic carbocycles. The molecule has 0 bridgehead atoms. The van der Waals surface area contributed by atoms with Crippen LogP contribution < -0.4 is 16.4 Å². The lowest BCUT2D eigenvalue weighted by Gasteiger charge is -2.17. The van der Waals surface area contributed by atoms with Gasteiger partial charge in [-0.05, 0) is 62.3 Å². The summed E-state index contributed by atoms with van der Waals surface area (Å²) in [6.45, 7) is 9.53. The number of hydrogen-bond acceptors (Lipinski definition) is 4. The summed E-state index contributed by atoms with van der Waals surface area (Å²) >= 11 is 0. The maximum absolute atomic E-state index is 12.4. The summed E-state index contributed by atoms with van der Waals surface area (Å²) in [6.07, 6.45) is 1.04. The number of amides is 1. The highest BCUT2D eigenvalue weighted by Gasteiger charge is 2.26. The Bertz CT molecular complexity index is 851. The number of benzene rings is 2. The molecule has 1 heterocycles. The minimum absolute atomic E-state index is 0.101. The molecule has 0 fully saturated rings. The minimum atomic E-state index is -0.101. The molecule has 1 aliphatic heterocycles. The summed E-state index contributed by atoms with van der Waals surface area (Å²) in [5.74, 6) is -0.101. The van der Waals surface area contributed by atoms with Crippen molar-refractivity contribution in [2.24, 2.45) is 0 Å². The van der Waals surface area contributed by atoms with Crippen LogP contribution in [0.15, 0.2) is 48.2 Å². The van der Waals surface area contributed by atoms with E-state index >= 15 is 0 Å². The van der Waals surface area contributed by atoms with E-state index < -0.39 is 0 Å². The van der Waals surface area contributed by atoms with Crippen molar-refractivity contribution < 1.29 is 4.79 Å². The summed E-state index contributed by atoms with van der Waals surface area (Å²) in [7, 11) is 0. The van der Waals surface area contributed by atoms with E-state index in [1.54, 1.807) is 6.07 Å². The van der Waals surface area contributed by atoms with Crippen LogP contribution in [-0.4, -0.2) is 30.4 Å². The van der Waals surface area contributed by atoms with Crippen molar-refractivity contribution in [3.05, 3.63) is 59.3 Å². The fourth-order valence-electron chi connectivity index (χ4n) is 3.42. The summed E-state index contributed by atoms with van der Waals surface area (Å²) in [5.41, 5.74) is 11.9. The van der Waals surface area contributed by atoms with Gasteiger partial charge in [0.05, 0.1) is 5.57 Å². The van der Waals surface area contributed by atoms with Gasteiger partial charge in [-0.25, -0.2) is 0 Å². The number of fused-ring (bicyclic) bond motifs is 1. The Kier molecular flexibility index (Phi) is 5.81. The van der Waals surface area contributed by atoms with Crippen molar-refractivity contribution in [1.29, 1.82) is 0 Å². The highest BCUT2D eigenvalue weighted by Crippen LogP contribution is 2.35. The zero-order chi connectivity index (χ0) is 19.4. The van der Waals surface area contributed by atoms with Gasteiger partial charge in [0.25, 0.3) is 5.91 Å². The standard InChI is InChI=1S/C22H28N4O/c1-4-26(5-2)13-12-16-6-9-18(10-7-16)24-15(3)21-19-14-17(23)8-11-20(19)25-22(21)27/h6-11,14,24H,4-5,12-13,23H2,1-3H3,(H,25,27)/b21-15-. The zero-order valence-electron chi connectivity index (χ0n) is 16.3. The number of likely N-dealkylation sites (N-methyl/N-ethyl adjacent to an activating group) is 1. The van der Waals surface area contributed by atoms with E-state index in [4.69, 9.17) is 5.73 Å². The first-order valence-electron chi connectivity index (χ1n) is 9.52. The average Bonchev–Trinajstić information content (AvgIpc) is 2.99. The minimum Gasteiger partial charge on any atom is -0.399 e. The van der Waals surface area contributed by atoms with Gasteiger partial charge in [0.1, 0.15) is 0 Å². The molecule has 0 aromatic heterocycles. The molecule has 27 heavy (non-hydrogen) atoms. The highest BCUT2D eigenvalue weighted by molar-refractivity contribution is 6.32. The van der Waals surface area contributed by atoms with Gasteiger partial charge in [0.15, 0.2) is 0 Å². The quantitative estimate of drug-likeness (QED) is 0.514. The van der Waals surface area contributed by atoms with Gasteiger partial charge in [-0.15, -0.1) is 0 Å². The van der Waals surface area contributed by atoms with E-state index in [2.05, 4.69) is 53.6 Å². The van der Waals surface area contributed by atoms with Gasteiger partial charge in [0.2, 0.25) is 0 Å². The normalized spacial score (nSPS) is 14.9. The molecule has 0 unspecified atom stereocenters. The van der Waals surface area contributed by atoms with Gasteiger partial charge in [-0.2, -0.15) is 0 Å². The third-order valence-electron chi connectivity index (χ3n) is 5.06. The molecule has 1 amide bonds. The second-order valence-electron chi connectivity index (χ2n) is 6.86. The predicted octanol–water partition coefficient (Wildman–Crippen LogP) is 3.95. The van der Waals surface area contributed by atoms with Crippen LogP contribution in [0.2, 0.25) is 0 Å². The molecule has 5 nitrogen and oxygen atoms in total. The van der Waals surface area contributed by atoms with Gasteiger partial charge < -0.3 is 21.3 Å². The van der Waals surface area contributed by atoms with Crippen LogP contribution in [0, 0.1) is 0 Å². The van der Waals surface area contributed by atoms with Gasteiger partial charge in [-0.1, -0.05) is 26.0 Å². The third-order valence-corrected chi connectivity index (χ3v) is 5.06.